The summed E-state index contributed by atoms with van der Waals surface area (Å²) in [5, 5.41) is 0. The number of halogens is 4. The van der Waals surface area contributed by atoms with E-state index in [2.05, 4.69) is 0 Å². The van der Waals surface area contributed by atoms with Crippen LogP contribution in [0.2, 0.25) is 0 Å². The Kier molecular flexibility index (Phi) is 7.22. The molecule has 1 aliphatic rings. The molecular formula is C20H18F4N3O5S-. The summed E-state index contributed by atoms with van der Waals surface area (Å²) < 4.78 is 82.4. The second-order valence-electron chi connectivity index (χ2n) is 7.00. The van der Waals surface area contributed by atoms with Crippen molar-refractivity contribution in [2.75, 3.05) is 38.0 Å². The van der Waals surface area contributed by atoms with Gasteiger partial charge in [-0.05, 0) is 30.3 Å². The van der Waals surface area contributed by atoms with Gasteiger partial charge in [-0.15, -0.1) is 0 Å². The first-order valence-corrected chi connectivity index (χ1v) is 10.6. The fourth-order valence-corrected chi connectivity index (χ4v) is 3.75. The van der Waals surface area contributed by atoms with Crippen LogP contribution in [0.5, 0.6) is 5.75 Å². The number of nitrogens with one attached hydrogen (secondary N) is 1. The summed E-state index contributed by atoms with van der Waals surface area (Å²) in [4.78, 5) is 28.0. The predicted molar refractivity (Wildman–Crippen MR) is 109 cm³/mol. The van der Waals surface area contributed by atoms with Gasteiger partial charge in [0.05, 0.1) is 23.9 Å². The lowest BCUT2D eigenvalue weighted by Gasteiger charge is -2.35. The topological polar surface area (TPSA) is 102 Å². The zero-order chi connectivity index (χ0) is 24.3. The molecule has 3 rings (SSSR count). The number of nitrogens with zero attached hydrogens (tertiary/aromatic N) is 2. The van der Waals surface area contributed by atoms with Gasteiger partial charge in [0.1, 0.15) is 0 Å². The summed E-state index contributed by atoms with van der Waals surface area (Å²) >= 11 is -2.98. The number of amides is 2. The van der Waals surface area contributed by atoms with E-state index < -0.39 is 46.3 Å². The van der Waals surface area contributed by atoms with Crippen LogP contribution < -0.4 is 9.46 Å². The summed E-state index contributed by atoms with van der Waals surface area (Å²) in [6.45, 7) is 0.120. The lowest BCUT2D eigenvalue weighted by molar-refractivity contribution is -0.136. The summed E-state index contributed by atoms with van der Waals surface area (Å²) in [5.41, 5.74) is -2.49. The Morgan fingerprint density at radius 1 is 1.06 bits per heavy atom. The molecule has 0 saturated carbocycles. The summed E-state index contributed by atoms with van der Waals surface area (Å²) in [7, 11) is 1.27. The standard InChI is InChI=1S/C20H19F4N3O5S/c1-32-16-4-2-3-13(17(16)21)19(29)27-9-7-26(8-10-27)18(28)12-5-6-15(25-33(30)31)14(11-12)20(22,23)24/h2-6,11,25H,7-10H2,1H3,(H,30,31)/p-1. The molecule has 0 aliphatic carbocycles. The summed E-state index contributed by atoms with van der Waals surface area (Å²) in [6, 6.07) is 6.65. The largest absolute Gasteiger partial charge is 0.755 e. The van der Waals surface area contributed by atoms with Crippen LogP contribution in [-0.4, -0.2) is 63.7 Å². The molecule has 13 heteroatoms. The molecule has 1 heterocycles. The van der Waals surface area contributed by atoms with Crippen molar-refractivity contribution in [1.29, 1.82) is 0 Å². The maximum absolute atomic E-state index is 14.4. The van der Waals surface area contributed by atoms with Crippen molar-refractivity contribution >= 4 is 28.8 Å². The van der Waals surface area contributed by atoms with Gasteiger partial charge in [-0.2, -0.15) is 13.2 Å². The van der Waals surface area contributed by atoms with Gasteiger partial charge in [-0.3, -0.25) is 13.8 Å². The van der Waals surface area contributed by atoms with Gasteiger partial charge in [0, 0.05) is 43.0 Å². The zero-order valence-electron chi connectivity index (χ0n) is 17.1. The lowest BCUT2D eigenvalue weighted by Crippen LogP contribution is -2.50. The van der Waals surface area contributed by atoms with E-state index in [-0.39, 0.29) is 43.1 Å². The van der Waals surface area contributed by atoms with Crippen LogP contribution in [0.4, 0.5) is 23.2 Å². The third-order valence-electron chi connectivity index (χ3n) is 5.03. The van der Waals surface area contributed by atoms with Crippen LogP contribution in [-0.2, 0) is 17.4 Å². The maximum Gasteiger partial charge on any atom is 0.418 e. The SMILES string of the molecule is COc1cccc(C(=O)N2CCN(C(=O)c3ccc(NS(=O)[O-])c(C(F)(F)F)c3)CC2)c1F. The van der Waals surface area contributed by atoms with Crippen molar-refractivity contribution in [1.82, 2.24) is 9.80 Å². The molecule has 1 aliphatic heterocycles. The Morgan fingerprint density at radius 2 is 1.67 bits per heavy atom. The Labute approximate surface area is 188 Å². The molecule has 0 radical (unpaired) electrons. The van der Waals surface area contributed by atoms with Crippen LogP contribution in [0, 0.1) is 5.82 Å². The van der Waals surface area contributed by atoms with Gasteiger partial charge in [0.2, 0.25) is 0 Å². The number of carbonyl (C=O) groups is 2. The van der Waals surface area contributed by atoms with Crippen LogP contribution in [0.1, 0.15) is 26.3 Å². The summed E-state index contributed by atoms with van der Waals surface area (Å²) in [5.74, 6) is -2.21. The van der Waals surface area contributed by atoms with Crippen molar-refractivity contribution in [3.63, 3.8) is 0 Å². The predicted octanol–water partition coefficient (Wildman–Crippen LogP) is 2.66. The summed E-state index contributed by atoms with van der Waals surface area (Å²) in [6.07, 6.45) is -4.90. The molecule has 178 valence electrons. The van der Waals surface area contributed by atoms with E-state index in [9.17, 15) is 35.9 Å². The van der Waals surface area contributed by atoms with E-state index in [1.807, 2.05) is 0 Å². The normalized spacial score (nSPS) is 15.2. The number of alkyl halides is 3. The highest BCUT2D eigenvalue weighted by atomic mass is 32.2. The van der Waals surface area contributed by atoms with Crippen molar-refractivity contribution in [3.05, 3.63) is 58.9 Å². The molecule has 0 bridgehead atoms. The Balaban J connectivity index is 1.73. The molecule has 33 heavy (non-hydrogen) atoms. The van der Waals surface area contributed by atoms with Crippen molar-refractivity contribution in [2.24, 2.45) is 0 Å². The molecule has 1 atom stereocenters. The third-order valence-corrected chi connectivity index (χ3v) is 5.42. The van der Waals surface area contributed by atoms with Crippen LogP contribution in [0.3, 0.4) is 0 Å². The molecule has 0 aromatic heterocycles. The highest BCUT2D eigenvalue weighted by Crippen LogP contribution is 2.36. The minimum Gasteiger partial charge on any atom is -0.755 e. The molecule has 2 amide bonds. The molecule has 2 aromatic rings. The van der Waals surface area contributed by atoms with Gasteiger partial charge >= 0.3 is 6.18 Å². The van der Waals surface area contributed by atoms with Crippen molar-refractivity contribution in [2.45, 2.75) is 6.18 Å². The van der Waals surface area contributed by atoms with E-state index in [0.29, 0.717) is 6.07 Å². The number of methoxy groups -OCH3 is 1. The minimum absolute atomic E-state index is 0.0160. The van der Waals surface area contributed by atoms with E-state index in [1.54, 1.807) is 4.72 Å². The number of hydrogen-bond acceptors (Lipinski definition) is 5. The van der Waals surface area contributed by atoms with Crippen LogP contribution in [0.15, 0.2) is 36.4 Å². The second kappa shape index (κ2) is 9.75. The Bertz CT molecular complexity index is 1090. The van der Waals surface area contributed by atoms with E-state index >= 15 is 0 Å². The highest BCUT2D eigenvalue weighted by molar-refractivity contribution is 7.80. The molecule has 1 fully saturated rings. The average molecular weight is 488 g/mol. The fraction of sp³-hybridized carbons (Fsp3) is 0.300. The number of benzene rings is 2. The number of hydrogen-bond donors (Lipinski definition) is 1. The first-order valence-electron chi connectivity index (χ1n) is 9.51. The molecule has 2 aromatic carbocycles. The molecule has 0 spiro atoms. The van der Waals surface area contributed by atoms with E-state index in [4.69, 9.17) is 4.74 Å². The maximum atomic E-state index is 14.4. The first-order chi connectivity index (χ1) is 15.5. The van der Waals surface area contributed by atoms with Gasteiger partial charge in [-0.1, -0.05) is 6.07 Å². The quantitative estimate of drug-likeness (QED) is 0.515. The molecular weight excluding hydrogens is 470 g/mol. The second-order valence-corrected chi connectivity index (χ2v) is 7.67. The number of ether oxygens (including phenoxy) is 1. The minimum atomic E-state index is -4.90. The molecule has 1 saturated heterocycles. The Hall–Kier alpha value is -3.19. The fourth-order valence-electron chi connectivity index (χ4n) is 3.39. The van der Waals surface area contributed by atoms with Gasteiger partial charge in [-0.25, -0.2) is 4.39 Å². The first kappa shape index (κ1) is 24.5. The highest BCUT2D eigenvalue weighted by Gasteiger charge is 2.35. The van der Waals surface area contributed by atoms with Crippen LogP contribution in [0.25, 0.3) is 0 Å². The third kappa shape index (κ3) is 5.42. The van der Waals surface area contributed by atoms with E-state index in [1.165, 1.54) is 35.1 Å². The molecule has 1 N–H and O–H groups in total. The smallest absolute Gasteiger partial charge is 0.418 e. The van der Waals surface area contributed by atoms with Crippen molar-refractivity contribution in [3.8, 4) is 5.75 Å². The lowest BCUT2D eigenvalue weighted by atomic mass is 10.1. The number of piperazine rings is 1. The van der Waals surface area contributed by atoms with E-state index in [0.717, 1.165) is 12.1 Å². The Morgan fingerprint density at radius 3 is 2.21 bits per heavy atom. The number of carbonyl (C=O) groups excluding carboxylic acids is 2. The van der Waals surface area contributed by atoms with Gasteiger partial charge in [0.15, 0.2) is 11.6 Å². The number of anilines is 1. The average Bonchev–Trinajstić information content (AvgIpc) is 2.77. The van der Waals surface area contributed by atoms with Crippen LogP contribution >= 0.6 is 0 Å². The van der Waals surface area contributed by atoms with Gasteiger partial charge < -0.3 is 23.8 Å². The molecule has 1 unspecified atom stereocenters. The monoisotopic (exact) mass is 488 g/mol. The zero-order valence-corrected chi connectivity index (χ0v) is 18.0. The van der Waals surface area contributed by atoms with Crippen molar-refractivity contribution < 1.29 is 40.6 Å². The van der Waals surface area contributed by atoms with Gasteiger partial charge in [0.25, 0.3) is 11.8 Å². The molecule has 8 nitrogen and oxygen atoms in total. The number of rotatable bonds is 5.